The van der Waals surface area contributed by atoms with E-state index in [0.29, 0.717) is 5.41 Å². The van der Waals surface area contributed by atoms with E-state index >= 15 is 0 Å². The summed E-state index contributed by atoms with van der Waals surface area (Å²) in [6.07, 6.45) is 11.5. The van der Waals surface area contributed by atoms with Gasteiger partial charge in [0, 0.05) is 12.1 Å². The van der Waals surface area contributed by atoms with Gasteiger partial charge >= 0.3 is 0 Å². The van der Waals surface area contributed by atoms with Crippen LogP contribution in [0.25, 0.3) is 0 Å². The quantitative estimate of drug-likeness (QED) is 0.661. The van der Waals surface area contributed by atoms with Gasteiger partial charge in [-0.3, -0.25) is 0 Å². The summed E-state index contributed by atoms with van der Waals surface area (Å²) in [5, 5.41) is 3.72. The van der Waals surface area contributed by atoms with Gasteiger partial charge in [0.05, 0.1) is 0 Å². The van der Waals surface area contributed by atoms with Crippen molar-refractivity contribution in [3.63, 3.8) is 0 Å². The minimum Gasteiger partial charge on any atom is -0.312 e. The molecule has 0 bridgehead atoms. The van der Waals surface area contributed by atoms with Gasteiger partial charge in [-0.25, -0.2) is 0 Å². The van der Waals surface area contributed by atoms with E-state index in [-0.39, 0.29) is 5.54 Å². The second-order valence-corrected chi connectivity index (χ2v) is 7.85. The Morgan fingerprint density at radius 1 is 1.00 bits per heavy atom. The zero-order chi connectivity index (χ0) is 13.6. The van der Waals surface area contributed by atoms with Gasteiger partial charge in [0.2, 0.25) is 0 Å². The summed E-state index contributed by atoms with van der Waals surface area (Å²) in [5.74, 6) is 1.04. The summed E-state index contributed by atoms with van der Waals surface area (Å²) < 4.78 is 0. The molecule has 0 radical (unpaired) electrons. The Labute approximate surface area is 115 Å². The summed E-state index contributed by atoms with van der Waals surface area (Å²) in [6, 6.07) is 0. The molecule has 0 heterocycles. The molecular weight excluding hydrogens is 218 g/mol. The molecule has 18 heavy (non-hydrogen) atoms. The molecule has 1 saturated carbocycles. The van der Waals surface area contributed by atoms with Crippen LogP contribution in [0.2, 0.25) is 0 Å². The molecule has 0 aromatic rings. The third-order valence-electron chi connectivity index (χ3n) is 4.53. The van der Waals surface area contributed by atoms with Crippen LogP contribution in [0, 0.1) is 11.3 Å². The van der Waals surface area contributed by atoms with Gasteiger partial charge in [0.15, 0.2) is 0 Å². The van der Waals surface area contributed by atoms with Crippen LogP contribution in [0.1, 0.15) is 86.0 Å². The summed E-state index contributed by atoms with van der Waals surface area (Å²) in [7, 11) is 0. The van der Waals surface area contributed by atoms with Gasteiger partial charge in [0.1, 0.15) is 0 Å². The molecule has 0 spiro atoms. The van der Waals surface area contributed by atoms with E-state index < -0.39 is 0 Å². The van der Waals surface area contributed by atoms with Gasteiger partial charge in [-0.15, -0.1) is 0 Å². The zero-order valence-corrected chi connectivity index (χ0v) is 13.4. The van der Waals surface area contributed by atoms with Crippen LogP contribution in [0.15, 0.2) is 0 Å². The number of rotatable bonds is 7. The summed E-state index contributed by atoms with van der Waals surface area (Å²) in [4.78, 5) is 0. The maximum atomic E-state index is 3.72. The molecule has 1 heteroatoms. The van der Waals surface area contributed by atoms with Crippen molar-refractivity contribution in [2.45, 2.75) is 91.5 Å². The molecule has 1 fully saturated rings. The Morgan fingerprint density at radius 3 is 2.11 bits per heavy atom. The Hall–Kier alpha value is -0.0400. The number of hydrogen-bond acceptors (Lipinski definition) is 1. The van der Waals surface area contributed by atoms with Crippen LogP contribution in [-0.2, 0) is 0 Å². The zero-order valence-electron chi connectivity index (χ0n) is 13.4. The van der Waals surface area contributed by atoms with E-state index in [1.807, 2.05) is 0 Å². The fourth-order valence-electron chi connectivity index (χ4n) is 3.24. The van der Waals surface area contributed by atoms with Crippen molar-refractivity contribution in [3.8, 4) is 0 Å². The van der Waals surface area contributed by atoms with Crippen molar-refractivity contribution in [1.82, 2.24) is 5.32 Å². The second-order valence-electron chi connectivity index (χ2n) is 7.85. The Kier molecular flexibility index (Phi) is 6.17. The SMILES string of the molecule is CCCC(C)(CCC1CCCC1)CNC(C)(C)C. The lowest BCUT2D eigenvalue weighted by Gasteiger charge is -2.34. The van der Waals surface area contributed by atoms with Gasteiger partial charge in [-0.2, -0.15) is 0 Å². The van der Waals surface area contributed by atoms with Crippen LogP contribution >= 0.6 is 0 Å². The highest BCUT2D eigenvalue weighted by atomic mass is 15.0. The lowest BCUT2D eigenvalue weighted by molar-refractivity contribution is 0.210. The van der Waals surface area contributed by atoms with Gasteiger partial charge < -0.3 is 5.32 Å². The van der Waals surface area contributed by atoms with Crippen LogP contribution in [-0.4, -0.2) is 12.1 Å². The van der Waals surface area contributed by atoms with Gasteiger partial charge in [-0.05, 0) is 51.4 Å². The topological polar surface area (TPSA) is 12.0 Å². The van der Waals surface area contributed by atoms with Crippen molar-refractivity contribution in [1.29, 1.82) is 0 Å². The molecule has 0 aromatic heterocycles. The molecule has 1 nitrogen and oxygen atoms in total. The monoisotopic (exact) mass is 253 g/mol. The highest BCUT2D eigenvalue weighted by molar-refractivity contribution is 4.82. The molecule has 1 N–H and O–H groups in total. The fraction of sp³-hybridized carbons (Fsp3) is 1.00. The normalized spacial score (nSPS) is 21.2. The molecule has 1 rings (SSSR count). The minimum atomic E-state index is 0.252. The predicted molar refractivity (Wildman–Crippen MR) is 82.0 cm³/mol. The average Bonchev–Trinajstić information content (AvgIpc) is 2.76. The van der Waals surface area contributed by atoms with E-state index in [2.05, 4.69) is 39.9 Å². The van der Waals surface area contributed by atoms with E-state index in [0.717, 1.165) is 5.92 Å². The maximum Gasteiger partial charge on any atom is 0.00967 e. The van der Waals surface area contributed by atoms with Gasteiger partial charge in [-0.1, -0.05) is 46.0 Å². The molecule has 1 aliphatic carbocycles. The Morgan fingerprint density at radius 2 is 1.61 bits per heavy atom. The lowest BCUT2D eigenvalue weighted by Crippen LogP contribution is -2.43. The molecule has 0 aliphatic heterocycles. The molecule has 1 atom stereocenters. The van der Waals surface area contributed by atoms with E-state index in [1.54, 1.807) is 0 Å². The molecular formula is C17H35N. The highest BCUT2D eigenvalue weighted by Gasteiger charge is 2.27. The van der Waals surface area contributed by atoms with Crippen molar-refractivity contribution >= 4 is 0 Å². The summed E-state index contributed by atoms with van der Waals surface area (Å²) in [5.41, 5.74) is 0.757. The predicted octanol–water partition coefficient (Wildman–Crippen LogP) is 5.15. The van der Waals surface area contributed by atoms with Crippen molar-refractivity contribution in [3.05, 3.63) is 0 Å². The highest BCUT2D eigenvalue weighted by Crippen LogP contribution is 2.35. The standard InChI is InChI=1S/C17H35N/c1-6-12-17(5,14-18-16(2,3)4)13-11-15-9-7-8-10-15/h15,18H,6-14H2,1-5H3. The molecule has 0 amide bonds. The molecule has 108 valence electrons. The first-order valence-electron chi connectivity index (χ1n) is 8.10. The largest absolute Gasteiger partial charge is 0.312 e. The summed E-state index contributed by atoms with van der Waals surface area (Å²) in [6.45, 7) is 12.8. The average molecular weight is 253 g/mol. The first-order chi connectivity index (χ1) is 8.35. The van der Waals surface area contributed by atoms with E-state index in [4.69, 9.17) is 0 Å². The number of hydrogen-bond donors (Lipinski definition) is 1. The molecule has 1 unspecified atom stereocenters. The minimum absolute atomic E-state index is 0.252. The molecule has 1 aliphatic rings. The third-order valence-corrected chi connectivity index (χ3v) is 4.53. The molecule has 0 aromatic carbocycles. The smallest absolute Gasteiger partial charge is 0.00967 e. The Balaban J connectivity index is 2.39. The summed E-state index contributed by atoms with van der Waals surface area (Å²) >= 11 is 0. The van der Waals surface area contributed by atoms with Crippen molar-refractivity contribution in [2.75, 3.05) is 6.54 Å². The lowest BCUT2D eigenvalue weighted by atomic mass is 9.78. The van der Waals surface area contributed by atoms with Crippen LogP contribution in [0.5, 0.6) is 0 Å². The third kappa shape index (κ3) is 6.22. The Bertz CT molecular complexity index is 222. The maximum absolute atomic E-state index is 3.72. The first kappa shape index (κ1) is 16.0. The van der Waals surface area contributed by atoms with Crippen molar-refractivity contribution < 1.29 is 0 Å². The van der Waals surface area contributed by atoms with Crippen LogP contribution in [0.4, 0.5) is 0 Å². The first-order valence-corrected chi connectivity index (χ1v) is 8.10. The van der Waals surface area contributed by atoms with Crippen LogP contribution < -0.4 is 5.32 Å². The van der Waals surface area contributed by atoms with E-state index in [1.165, 1.54) is 57.9 Å². The van der Waals surface area contributed by atoms with Crippen LogP contribution in [0.3, 0.4) is 0 Å². The fourth-order valence-corrected chi connectivity index (χ4v) is 3.24. The number of nitrogens with one attached hydrogen (secondary N) is 1. The second kappa shape index (κ2) is 6.93. The molecule has 0 saturated heterocycles. The van der Waals surface area contributed by atoms with Crippen molar-refractivity contribution in [2.24, 2.45) is 11.3 Å². The van der Waals surface area contributed by atoms with Gasteiger partial charge in [0.25, 0.3) is 0 Å². The van der Waals surface area contributed by atoms with E-state index in [9.17, 15) is 0 Å².